The van der Waals surface area contributed by atoms with Gasteiger partial charge in [0.25, 0.3) is 0 Å². The Bertz CT molecular complexity index is 856. The van der Waals surface area contributed by atoms with Crippen LogP contribution < -0.4 is 0 Å². The molecular weight excluding hydrogens is 345 g/mol. The zero-order valence-corrected chi connectivity index (χ0v) is 15.7. The van der Waals surface area contributed by atoms with Gasteiger partial charge in [0.1, 0.15) is 5.82 Å². The number of aromatic nitrogens is 1. The lowest BCUT2D eigenvalue weighted by Crippen LogP contribution is -2.49. The molecular formula is C21H26FN3O2. The van der Waals surface area contributed by atoms with Gasteiger partial charge in [-0.05, 0) is 43.5 Å². The highest BCUT2D eigenvalue weighted by Crippen LogP contribution is 2.29. The summed E-state index contributed by atoms with van der Waals surface area (Å²) in [5.41, 5.74) is 1.74. The normalized spacial score (nSPS) is 21.2. The molecule has 5 nitrogen and oxygen atoms in total. The Kier molecular flexibility index (Phi) is 4.89. The summed E-state index contributed by atoms with van der Waals surface area (Å²) < 4.78 is 13.4. The van der Waals surface area contributed by atoms with Crippen molar-refractivity contribution < 1.29 is 14.0 Å². The molecule has 1 aromatic carbocycles. The first-order valence-electron chi connectivity index (χ1n) is 9.83. The van der Waals surface area contributed by atoms with Crippen molar-refractivity contribution in [3.63, 3.8) is 0 Å². The summed E-state index contributed by atoms with van der Waals surface area (Å²) in [4.78, 5) is 32.2. The number of piperidine rings is 1. The van der Waals surface area contributed by atoms with Crippen LogP contribution in [-0.4, -0.2) is 46.2 Å². The van der Waals surface area contributed by atoms with Crippen LogP contribution in [0.5, 0.6) is 0 Å². The van der Waals surface area contributed by atoms with Gasteiger partial charge in [0.15, 0.2) is 0 Å². The minimum atomic E-state index is -0.267. The maximum absolute atomic E-state index is 13.4. The van der Waals surface area contributed by atoms with Crippen LogP contribution in [0.15, 0.2) is 24.3 Å². The number of amides is 2. The first-order chi connectivity index (χ1) is 13.0. The van der Waals surface area contributed by atoms with E-state index in [-0.39, 0.29) is 23.5 Å². The van der Waals surface area contributed by atoms with Gasteiger partial charge in [-0.15, -0.1) is 0 Å². The van der Waals surface area contributed by atoms with Gasteiger partial charge in [0.05, 0.1) is 12.5 Å². The van der Waals surface area contributed by atoms with Gasteiger partial charge in [0.2, 0.25) is 11.8 Å². The van der Waals surface area contributed by atoms with Crippen LogP contribution >= 0.6 is 0 Å². The summed E-state index contributed by atoms with van der Waals surface area (Å²) in [7, 11) is 1.80. The number of H-pyrrole nitrogens is 1. The smallest absolute Gasteiger partial charge is 0.227 e. The molecule has 2 aromatic rings. The number of nitrogens with zero attached hydrogens (tertiary/aromatic N) is 2. The van der Waals surface area contributed by atoms with Crippen LogP contribution in [0.4, 0.5) is 4.39 Å². The number of nitrogens with one attached hydrogen (secondary N) is 1. The van der Waals surface area contributed by atoms with Gasteiger partial charge in [-0.3, -0.25) is 9.59 Å². The lowest BCUT2D eigenvalue weighted by atomic mass is 9.94. The summed E-state index contributed by atoms with van der Waals surface area (Å²) in [6, 6.07) is 6.83. The molecule has 0 spiro atoms. The second-order valence-corrected chi connectivity index (χ2v) is 7.94. The van der Waals surface area contributed by atoms with Gasteiger partial charge in [-0.1, -0.05) is 12.8 Å². The first kappa shape index (κ1) is 18.0. The number of hydrogen-bond acceptors (Lipinski definition) is 2. The van der Waals surface area contributed by atoms with Crippen LogP contribution in [0, 0.1) is 11.7 Å². The highest BCUT2D eigenvalue weighted by molar-refractivity contribution is 5.84. The molecule has 1 saturated carbocycles. The fourth-order valence-corrected chi connectivity index (χ4v) is 4.54. The van der Waals surface area contributed by atoms with Crippen molar-refractivity contribution in [2.75, 3.05) is 13.6 Å². The second-order valence-electron chi connectivity index (χ2n) is 7.94. The van der Waals surface area contributed by atoms with Crippen molar-refractivity contribution in [2.24, 2.45) is 5.92 Å². The molecule has 4 rings (SSSR count). The van der Waals surface area contributed by atoms with E-state index in [1.807, 2.05) is 11.0 Å². The fourth-order valence-electron chi connectivity index (χ4n) is 4.54. The summed E-state index contributed by atoms with van der Waals surface area (Å²) in [6.45, 7) is 0.994. The highest BCUT2D eigenvalue weighted by Gasteiger charge is 2.36. The standard InChI is InChI=1S/C21H26FN3O2/c1-24(13-17-11-15-10-16(22)7-8-19(15)23-17)21(27)14-6-9-20(26)25(12-14)18-4-2-3-5-18/h7-8,10-11,14,18,23H,2-6,9,12-13H2,1H3. The van der Waals surface area contributed by atoms with Crippen LogP contribution in [0.1, 0.15) is 44.2 Å². The summed E-state index contributed by atoms with van der Waals surface area (Å²) in [6.07, 6.45) is 5.57. The lowest BCUT2D eigenvalue weighted by Gasteiger charge is -2.37. The molecule has 0 bridgehead atoms. The predicted octanol–water partition coefficient (Wildman–Crippen LogP) is 3.45. The Hall–Kier alpha value is -2.37. The van der Waals surface area contributed by atoms with Crippen molar-refractivity contribution in [2.45, 2.75) is 51.1 Å². The third-order valence-corrected chi connectivity index (χ3v) is 5.98. The Morgan fingerprint density at radius 3 is 2.81 bits per heavy atom. The van der Waals surface area contributed by atoms with Crippen molar-refractivity contribution in [3.05, 3.63) is 35.8 Å². The third kappa shape index (κ3) is 3.70. The summed E-state index contributed by atoms with van der Waals surface area (Å²) in [5.74, 6) is -0.118. The zero-order chi connectivity index (χ0) is 19.0. The van der Waals surface area contributed by atoms with E-state index in [0.717, 1.165) is 29.4 Å². The number of carbonyl (C=O) groups is 2. The van der Waals surface area contributed by atoms with Gasteiger partial charge < -0.3 is 14.8 Å². The third-order valence-electron chi connectivity index (χ3n) is 5.98. The molecule has 6 heteroatoms. The van der Waals surface area contributed by atoms with Crippen molar-refractivity contribution in [3.8, 4) is 0 Å². The number of halogens is 1. The molecule has 1 aliphatic heterocycles. The Morgan fingerprint density at radius 1 is 1.26 bits per heavy atom. The number of carbonyl (C=O) groups excluding carboxylic acids is 2. The van der Waals surface area contributed by atoms with E-state index >= 15 is 0 Å². The van der Waals surface area contributed by atoms with Crippen LogP contribution in [0.2, 0.25) is 0 Å². The molecule has 2 fully saturated rings. The van der Waals surface area contributed by atoms with Gasteiger partial charge in [-0.2, -0.15) is 0 Å². The molecule has 1 unspecified atom stereocenters. The van der Waals surface area contributed by atoms with E-state index < -0.39 is 0 Å². The Labute approximate surface area is 158 Å². The van der Waals surface area contributed by atoms with Crippen molar-refractivity contribution in [1.29, 1.82) is 0 Å². The zero-order valence-electron chi connectivity index (χ0n) is 15.7. The van der Waals surface area contributed by atoms with E-state index in [1.165, 1.54) is 25.0 Å². The number of hydrogen-bond donors (Lipinski definition) is 1. The SMILES string of the molecule is CN(Cc1cc2cc(F)ccc2[nH]1)C(=O)C1CCC(=O)N(C2CCCC2)C1. The molecule has 2 amide bonds. The number of aromatic amines is 1. The Morgan fingerprint density at radius 2 is 2.04 bits per heavy atom. The van der Waals surface area contributed by atoms with Gasteiger partial charge in [0, 0.05) is 42.7 Å². The maximum Gasteiger partial charge on any atom is 0.227 e. The molecule has 2 aliphatic rings. The highest BCUT2D eigenvalue weighted by atomic mass is 19.1. The van der Waals surface area contributed by atoms with Crippen molar-refractivity contribution in [1.82, 2.24) is 14.8 Å². The van der Waals surface area contributed by atoms with E-state index in [1.54, 1.807) is 18.0 Å². The number of fused-ring (bicyclic) bond motifs is 1. The molecule has 1 saturated heterocycles. The number of benzene rings is 1. The van der Waals surface area contributed by atoms with E-state index in [4.69, 9.17) is 0 Å². The topological polar surface area (TPSA) is 56.4 Å². The first-order valence-corrected chi connectivity index (χ1v) is 9.83. The van der Waals surface area contributed by atoms with Crippen molar-refractivity contribution >= 4 is 22.7 Å². The molecule has 1 N–H and O–H groups in total. The number of rotatable bonds is 4. The molecule has 2 heterocycles. The molecule has 1 aromatic heterocycles. The van der Waals surface area contributed by atoms with E-state index in [9.17, 15) is 14.0 Å². The van der Waals surface area contributed by atoms with Gasteiger partial charge in [-0.25, -0.2) is 4.39 Å². The number of likely N-dealkylation sites (tertiary alicyclic amines) is 1. The van der Waals surface area contributed by atoms with Crippen LogP contribution in [0.3, 0.4) is 0 Å². The average Bonchev–Trinajstić information content (AvgIpc) is 3.30. The van der Waals surface area contributed by atoms with Crippen LogP contribution in [0.25, 0.3) is 10.9 Å². The quantitative estimate of drug-likeness (QED) is 0.895. The monoisotopic (exact) mass is 371 g/mol. The average molecular weight is 371 g/mol. The fraction of sp³-hybridized carbons (Fsp3) is 0.524. The minimum Gasteiger partial charge on any atom is -0.357 e. The molecule has 27 heavy (non-hydrogen) atoms. The summed E-state index contributed by atoms with van der Waals surface area (Å²) >= 11 is 0. The molecule has 1 aliphatic carbocycles. The van der Waals surface area contributed by atoms with E-state index in [2.05, 4.69) is 4.98 Å². The second kappa shape index (κ2) is 7.33. The van der Waals surface area contributed by atoms with Gasteiger partial charge >= 0.3 is 0 Å². The molecule has 1 atom stereocenters. The Balaban J connectivity index is 1.42. The maximum atomic E-state index is 13.4. The minimum absolute atomic E-state index is 0.0790. The van der Waals surface area contributed by atoms with E-state index in [0.29, 0.717) is 32.0 Å². The van der Waals surface area contributed by atoms with Crippen LogP contribution in [-0.2, 0) is 16.1 Å². The lowest BCUT2D eigenvalue weighted by molar-refractivity contribution is -0.144. The predicted molar refractivity (Wildman–Crippen MR) is 101 cm³/mol. The molecule has 144 valence electrons. The largest absolute Gasteiger partial charge is 0.357 e. The molecule has 0 radical (unpaired) electrons. The summed E-state index contributed by atoms with van der Waals surface area (Å²) in [5, 5.41) is 0.807.